The smallest absolute Gasteiger partial charge is 0.115 e. The van der Waals surface area contributed by atoms with Crippen molar-refractivity contribution in [3.63, 3.8) is 0 Å². The summed E-state index contributed by atoms with van der Waals surface area (Å²) in [6.45, 7) is 9.15. The van der Waals surface area contributed by atoms with Crippen LogP contribution in [0.2, 0.25) is 0 Å². The summed E-state index contributed by atoms with van der Waals surface area (Å²) in [5.41, 5.74) is 5.05. The van der Waals surface area contributed by atoms with Crippen LogP contribution in [0.3, 0.4) is 0 Å². The predicted molar refractivity (Wildman–Crippen MR) is 162 cm³/mol. The third-order valence-corrected chi connectivity index (χ3v) is 8.22. The van der Waals surface area contributed by atoms with E-state index in [1.165, 1.54) is 28.7 Å². The summed E-state index contributed by atoms with van der Waals surface area (Å²) in [4.78, 5) is 0. The Morgan fingerprint density at radius 3 is 1.27 bits per heavy atom. The molecule has 40 heavy (non-hydrogen) atoms. The highest BCUT2D eigenvalue weighted by Gasteiger charge is 2.45. The predicted octanol–water partition coefficient (Wildman–Crippen LogP) is 8.87. The zero-order valence-corrected chi connectivity index (χ0v) is 24.0. The normalized spacial score (nSPS) is 17.6. The van der Waals surface area contributed by atoms with Gasteiger partial charge in [0.1, 0.15) is 23.0 Å². The first-order valence-electron chi connectivity index (χ1n) is 14.2. The van der Waals surface area contributed by atoms with Gasteiger partial charge in [0, 0.05) is 11.3 Å². The Kier molecular flexibility index (Phi) is 8.78. The van der Waals surface area contributed by atoms with Gasteiger partial charge in [-0.1, -0.05) is 76.2 Å². The fourth-order valence-electron chi connectivity index (χ4n) is 6.82. The van der Waals surface area contributed by atoms with Crippen LogP contribution in [-0.2, 0) is 5.41 Å². The van der Waals surface area contributed by atoms with Crippen molar-refractivity contribution in [1.82, 2.24) is 0 Å². The second-order valence-electron chi connectivity index (χ2n) is 12.2. The quantitative estimate of drug-likeness (QED) is 0.205. The SMILES string of the molecule is CC1CC(C)(C)CC(c2ccc(O)cc2)(c2ccc(O)cc2)C1.CCC(c1ccc(O)cc1)c1ccc(O)cc1. The lowest BCUT2D eigenvalue weighted by Crippen LogP contribution is -2.41. The van der Waals surface area contributed by atoms with E-state index in [1.54, 1.807) is 48.5 Å². The molecule has 0 bridgehead atoms. The minimum atomic E-state index is -0.0669. The largest absolute Gasteiger partial charge is 0.508 e. The summed E-state index contributed by atoms with van der Waals surface area (Å²) in [5.74, 6) is 2.11. The molecule has 4 heteroatoms. The van der Waals surface area contributed by atoms with Gasteiger partial charge in [0.2, 0.25) is 0 Å². The molecule has 5 rings (SSSR count). The highest BCUT2D eigenvalue weighted by atomic mass is 16.3. The minimum Gasteiger partial charge on any atom is -0.508 e. The van der Waals surface area contributed by atoms with Crippen LogP contribution in [0.5, 0.6) is 23.0 Å². The Morgan fingerprint density at radius 2 is 0.950 bits per heavy atom. The zero-order valence-electron chi connectivity index (χ0n) is 24.0. The Labute approximate surface area is 238 Å². The molecule has 0 aromatic heterocycles. The molecule has 1 aliphatic carbocycles. The second-order valence-corrected chi connectivity index (χ2v) is 12.2. The summed E-state index contributed by atoms with van der Waals surface area (Å²) in [7, 11) is 0. The molecule has 4 aromatic carbocycles. The Bertz CT molecular complexity index is 1260. The van der Waals surface area contributed by atoms with Crippen molar-refractivity contribution >= 4 is 0 Å². The third-order valence-electron chi connectivity index (χ3n) is 8.22. The maximum absolute atomic E-state index is 9.67. The van der Waals surface area contributed by atoms with E-state index in [1.807, 2.05) is 24.3 Å². The Hall–Kier alpha value is -3.92. The van der Waals surface area contributed by atoms with Crippen molar-refractivity contribution in [3.05, 3.63) is 119 Å². The molecule has 4 aromatic rings. The average Bonchev–Trinajstić information content (AvgIpc) is 2.91. The highest BCUT2D eigenvalue weighted by Crippen LogP contribution is 2.53. The standard InChI is InChI=1S/C21H26O2.C15H16O2/c1-15-12-20(2,3)14-21(13-15,16-4-8-18(22)9-5-16)17-6-10-19(23)11-7-17;1-2-15(11-3-7-13(16)8-4-11)12-5-9-14(17)10-6-12/h4-11,15,22-23H,12-14H2,1-3H3;3-10,15-17H,2H2,1H3. The number of phenols is 4. The topological polar surface area (TPSA) is 80.9 Å². The first-order chi connectivity index (χ1) is 19.0. The number of benzene rings is 4. The van der Waals surface area contributed by atoms with E-state index in [9.17, 15) is 20.4 Å². The van der Waals surface area contributed by atoms with Crippen molar-refractivity contribution in [2.75, 3.05) is 0 Å². The maximum Gasteiger partial charge on any atom is 0.115 e. The molecule has 4 N–H and O–H groups in total. The molecule has 210 valence electrons. The van der Waals surface area contributed by atoms with Crippen molar-refractivity contribution < 1.29 is 20.4 Å². The summed E-state index contributed by atoms with van der Waals surface area (Å²) >= 11 is 0. The van der Waals surface area contributed by atoms with Gasteiger partial charge in [-0.2, -0.15) is 0 Å². The minimum absolute atomic E-state index is 0.0669. The Morgan fingerprint density at radius 1 is 0.600 bits per heavy atom. The van der Waals surface area contributed by atoms with E-state index in [-0.39, 0.29) is 22.3 Å². The lowest BCUT2D eigenvalue weighted by atomic mass is 9.55. The molecule has 1 saturated carbocycles. The lowest BCUT2D eigenvalue weighted by molar-refractivity contribution is 0.127. The molecule has 0 aliphatic heterocycles. The van der Waals surface area contributed by atoms with Gasteiger partial charge < -0.3 is 20.4 Å². The van der Waals surface area contributed by atoms with Crippen LogP contribution in [0.15, 0.2) is 97.1 Å². The molecule has 4 nitrogen and oxygen atoms in total. The molecule has 0 spiro atoms. The van der Waals surface area contributed by atoms with Gasteiger partial charge in [0.15, 0.2) is 0 Å². The van der Waals surface area contributed by atoms with Gasteiger partial charge in [-0.05, 0) is 108 Å². The number of rotatable bonds is 5. The van der Waals surface area contributed by atoms with Crippen molar-refractivity contribution in [1.29, 1.82) is 0 Å². The summed E-state index contributed by atoms with van der Waals surface area (Å²) in [5, 5.41) is 37.9. The van der Waals surface area contributed by atoms with Crippen LogP contribution in [0, 0.1) is 11.3 Å². The van der Waals surface area contributed by atoms with E-state index in [0.29, 0.717) is 23.3 Å². The van der Waals surface area contributed by atoms with Gasteiger partial charge in [-0.15, -0.1) is 0 Å². The molecule has 1 atom stereocenters. The van der Waals surface area contributed by atoms with E-state index >= 15 is 0 Å². The van der Waals surface area contributed by atoms with Crippen molar-refractivity contribution in [2.24, 2.45) is 11.3 Å². The fourth-order valence-corrected chi connectivity index (χ4v) is 6.82. The Balaban J connectivity index is 0.000000194. The molecular formula is C36H42O4. The number of hydrogen-bond acceptors (Lipinski definition) is 4. The molecule has 1 unspecified atom stereocenters. The van der Waals surface area contributed by atoms with E-state index in [4.69, 9.17) is 0 Å². The van der Waals surface area contributed by atoms with Gasteiger partial charge in [0.05, 0.1) is 0 Å². The molecule has 1 aliphatic rings. The summed E-state index contributed by atoms with van der Waals surface area (Å²) in [6, 6.07) is 29.9. The van der Waals surface area contributed by atoms with Gasteiger partial charge >= 0.3 is 0 Å². The second kappa shape index (κ2) is 12.1. The third kappa shape index (κ3) is 6.80. The molecule has 1 fully saturated rings. The van der Waals surface area contributed by atoms with Crippen LogP contribution < -0.4 is 0 Å². The molecule has 0 radical (unpaired) electrons. The lowest BCUT2D eigenvalue weighted by Gasteiger charge is -2.48. The van der Waals surface area contributed by atoms with Crippen LogP contribution in [0.4, 0.5) is 0 Å². The first kappa shape index (κ1) is 29.1. The summed E-state index contributed by atoms with van der Waals surface area (Å²) < 4.78 is 0. The summed E-state index contributed by atoms with van der Waals surface area (Å²) in [6.07, 6.45) is 4.37. The van der Waals surface area contributed by atoms with Crippen LogP contribution in [-0.4, -0.2) is 20.4 Å². The monoisotopic (exact) mass is 538 g/mol. The zero-order chi connectivity index (χ0) is 28.9. The van der Waals surface area contributed by atoms with E-state index in [0.717, 1.165) is 19.3 Å². The van der Waals surface area contributed by atoms with Crippen LogP contribution >= 0.6 is 0 Å². The maximum atomic E-state index is 9.67. The highest BCUT2D eigenvalue weighted by molar-refractivity contribution is 5.44. The van der Waals surface area contributed by atoms with Crippen molar-refractivity contribution in [3.8, 4) is 23.0 Å². The van der Waals surface area contributed by atoms with Crippen LogP contribution in [0.25, 0.3) is 0 Å². The first-order valence-corrected chi connectivity index (χ1v) is 14.2. The van der Waals surface area contributed by atoms with Gasteiger partial charge in [-0.25, -0.2) is 0 Å². The van der Waals surface area contributed by atoms with Crippen molar-refractivity contribution in [2.45, 2.75) is 64.7 Å². The molecule has 0 heterocycles. The van der Waals surface area contributed by atoms with E-state index in [2.05, 4.69) is 52.0 Å². The molecule has 0 amide bonds. The molecular weight excluding hydrogens is 496 g/mol. The number of hydrogen-bond donors (Lipinski definition) is 4. The van der Waals surface area contributed by atoms with E-state index < -0.39 is 0 Å². The van der Waals surface area contributed by atoms with Gasteiger partial charge in [0.25, 0.3) is 0 Å². The van der Waals surface area contributed by atoms with Crippen LogP contribution in [0.1, 0.15) is 81.5 Å². The molecule has 0 saturated heterocycles. The number of aromatic hydroxyl groups is 4. The number of phenolic OH excluding ortho intramolecular Hbond substituents is 4. The fraction of sp³-hybridized carbons (Fsp3) is 0.333. The van der Waals surface area contributed by atoms with Gasteiger partial charge in [-0.3, -0.25) is 0 Å². The average molecular weight is 539 g/mol.